The van der Waals surface area contributed by atoms with Crippen LogP contribution in [0, 0.1) is 5.92 Å². The van der Waals surface area contributed by atoms with Crippen LogP contribution < -0.4 is 5.32 Å². The second-order valence-corrected chi connectivity index (χ2v) is 4.95. The fraction of sp³-hybridized carbons (Fsp3) is 0.462. The van der Waals surface area contributed by atoms with Gasteiger partial charge in [-0.2, -0.15) is 0 Å². The molecule has 1 aliphatic heterocycles. The zero-order chi connectivity index (χ0) is 12.3. The second kappa shape index (κ2) is 5.52. The van der Waals surface area contributed by atoms with Gasteiger partial charge in [0, 0.05) is 11.4 Å². The molecule has 0 amide bonds. The van der Waals surface area contributed by atoms with Crippen molar-refractivity contribution in [1.29, 1.82) is 0 Å². The van der Waals surface area contributed by atoms with Gasteiger partial charge in [0.05, 0.1) is 0 Å². The number of piperidine rings is 1. The average molecular weight is 254 g/mol. The van der Waals surface area contributed by atoms with E-state index >= 15 is 0 Å². The molecule has 2 atom stereocenters. The molecule has 0 bridgehead atoms. The maximum atomic E-state index is 10.8. The Kier molecular flexibility index (Phi) is 4.02. The monoisotopic (exact) mass is 253 g/mol. The molecule has 2 unspecified atom stereocenters. The van der Waals surface area contributed by atoms with Crippen molar-refractivity contribution in [3.63, 3.8) is 0 Å². The number of rotatable bonds is 3. The lowest BCUT2D eigenvalue weighted by molar-refractivity contribution is -0.138. The summed E-state index contributed by atoms with van der Waals surface area (Å²) < 4.78 is 0. The molecule has 0 saturated carbocycles. The number of carboxylic acid groups (broad SMARTS) is 1. The van der Waals surface area contributed by atoms with E-state index in [1.54, 1.807) is 0 Å². The minimum absolute atomic E-state index is 0.169. The highest BCUT2D eigenvalue weighted by atomic mass is 35.5. The van der Waals surface area contributed by atoms with Gasteiger partial charge in [-0.25, -0.2) is 0 Å². The number of benzene rings is 1. The molecule has 1 aliphatic rings. The summed E-state index contributed by atoms with van der Waals surface area (Å²) in [7, 11) is 0. The van der Waals surface area contributed by atoms with Crippen molar-refractivity contribution in [2.24, 2.45) is 5.92 Å². The lowest BCUT2D eigenvalue weighted by Gasteiger charge is -2.31. The Morgan fingerprint density at radius 3 is 2.76 bits per heavy atom. The Bertz CT molecular complexity index is 391. The maximum Gasteiger partial charge on any atom is 0.303 e. The van der Waals surface area contributed by atoms with E-state index in [9.17, 15) is 4.79 Å². The van der Waals surface area contributed by atoms with Gasteiger partial charge < -0.3 is 10.4 Å². The minimum atomic E-state index is -0.724. The molecule has 0 aliphatic carbocycles. The Morgan fingerprint density at radius 2 is 2.12 bits per heavy atom. The zero-order valence-electron chi connectivity index (χ0n) is 9.53. The lowest BCUT2D eigenvalue weighted by Crippen LogP contribution is -2.36. The molecule has 2 N–H and O–H groups in total. The zero-order valence-corrected chi connectivity index (χ0v) is 10.3. The third-order valence-electron chi connectivity index (χ3n) is 3.34. The molecule has 1 aromatic rings. The van der Waals surface area contributed by atoms with Crippen LogP contribution in [0.25, 0.3) is 0 Å². The van der Waals surface area contributed by atoms with E-state index in [1.165, 1.54) is 5.56 Å². The molecule has 0 radical (unpaired) electrons. The van der Waals surface area contributed by atoms with Crippen molar-refractivity contribution in [3.8, 4) is 0 Å². The van der Waals surface area contributed by atoms with Crippen molar-refractivity contribution in [3.05, 3.63) is 34.9 Å². The summed E-state index contributed by atoms with van der Waals surface area (Å²) in [5.41, 5.74) is 1.20. The fourth-order valence-corrected chi connectivity index (χ4v) is 2.64. The van der Waals surface area contributed by atoms with Crippen LogP contribution in [0.1, 0.15) is 24.3 Å². The number of carbonyl (C=O) groups is 1. The Hall–Kier alpha value is -1.06. The first-order valence-corrected chi connectivity index (χ1v) is 6.22. The normalized spacial score (nSPS) is 24.5. The molecule has 3 nitrogen and oxygen atoms in total. The van der Waals surface area contributed by atoms with Crippen LogP contribution >= 0.6 is 11.6 Å². The highest BCUT2D eigenvalue weighted by Crippen LogP contribution is 2.32. The molecular formula is C13H16ClNO2. The van der Waals surface area contributed by atoms with Crippen molar-refractivity contribution in [2.45, 2.75) is 18.8 Å². The van der Waals surface area contributed by atoms with E-state index < -0.39 is 5.97 Å². The molecule has 1 heterocycles. The molecule has 4 heteroatoms. The van der Waals surface area contributed by atoms with Gasteiger partial charge >= 0.3 is 5.97 Å². The second-order valence-electron chi connectivity index (χ2n) is 4.51. The van der Waals surface area contributed by atoms with Gasteiger partial charge in [0.2, 0.25) is 0 Å². The number of halogens is 1. The van der Waals surface area contributed by atoms with Gasteiger partial charge in [-0.3, -0.25) is 4.79 Å². The molecule has 1 aromatic carbocycles. The SMILES string of the molecule is O=C(O)CC1CNCCC1c1ccc(Cl)cc1. The summed E-state index contributed by atoms with van der Waals surface area (Å²) in [5.74, 6) is -0.232. The smallest absolute Gasteiger partial charge is 0.303 e. The van der Waals surface area contributed by atoms with Crippen LogP contribution in [0.2, 0.25) is 5.02 Å². The Morgan fingerprint density at radius 1 is 1.41 bits per heavy atom. The van der Waals surface area contributed by atoms with Gasteiger partial charge in [0.25, 0.3) is 0 Å². The van der Waals surface area contributed by atoms with Crippen molar-refractivity contribution < 1.29 is 9.90 Å². The molecule has 2 rings (SSSR count). The topological polar surface area (TPSA) is 49.3 Å². The third kappa shape index (κ3) is 3.20. The quantitative estimate of drug-likeness (QED) is 0.870. The van der Waals surface area contributed by atoms with Crippen molar-refractivity contribution in [2.75, 3.05) is 13.1 Å². The number of hydrogen-bond donors (Lipinski definition) is 2. The molecule has 0 spiro atoms. The van der Waals surface area contributed by atoms with Gasteiger partial charge in [-0.15, -0.1) is 0 Å². The van der Waals surface area contributed by atoms with Crippen LogP contribution in [0.5, 0.6) is 0 Å². The van der Waals surface area contributed by atoms with Gasteiger partial charge in [0.15, 0.2) is 0 Å². The molecule has 1 fully saturated rings. The summed E-state index contributed by atoms with van der Waals surface area (Å²) in [5, 5.41) is 12.9. The van der Waals surface area contributed by atoms with E-state index in [-0.39, 0.29) is 12.3 Å². The standard InChI is InChI=1S/C13H16ClNO2/c14-11-3-1-9(2-4-11)12-5-6-15-8-10(12)7-13(16)17/h1-4,10,12,15H,5-8H2,(H,16,17). The molecule has 0 aromatic heterocycles. The minimum Gasteiger partial charge on any atom is -0.481 e. The molecule has 17 heavy (non-hydrogen) atoms. The fourth-order valence-electron chi connectivity index (χ4n) is 2.51. The number of hydrogen-bond acceptors (Lipinski definition) is 2. The van der Waals surface area contributed by atoms with E-state index in [1.807, 2.05) is 24.3 Å². The summed E-state index contributed by atoms with van der Waals surface area (Å²) in [6.07, 6.45) is 1.21. The highest BCUT2D eigenvalue weighted by Gasteiger charge is 2.27. The predicted octanol–water partition coefficient (Wildman–Crippen LogP) is 2.51. The largest absolute Gasteiger partial charge is 0.481 e. The van der Waals surface area contributed by atoms with Crippen LogP contribution in [0.15, 0.2) is 24.3 Å². The van der Waals surface area contributed by atoms with Crippen molar-refractivity contribution >= 4 is 17.6 Å². The summed E-state index contributed by atoms with van der Waals surface area (Å²) in [4.78, 5) is 10.8. The van der Waals surface area contributed by atoms with Gasteiger partial charge in [0.1, 0.15) is 0 Å². The van der Waals surface area contributed by atoms with Crippen LogP contribution in [-0.2, 0) is 4.79 Å². The first-order chi connectivity index (χ1) is 8.16. The van der Waals surface area contributed by atoms with E-state index in [0.29, 0.717) is 5.92 Å². The predicted molar refractivity (Wildman–Crippen MR) is 67.4 cm³/mol. The summed E-state index contributed by atoms with van der Waals surface area (Å²) in [6, 6.07) is 7.76. The highest BCUT2D eigenvalue weighted by molar-refractivity contribution is 6.30. The number of carboxylic acids is 1. The number of aliphatic carboxylic acids is 1. The van der Waals surface area contributed by atoms with Crippen LogP contribution in [0.4, 0.5) is 0 Å². The van der Waals surface area contributed by atoms with Crippen LogP contribution in [0.3, 0.4) is 0 Å². The third-order valence-corrected chi connectivity index (χ3v) is 3.59. The summed E-state index contributed by atoms with van der Waals surface area (Å²) >= 11 is 5.86. The Labute approximate surface area is 106 Å². The van der Waals surface area contributed by atoms with Gasteiger partial charge in [-0.1, -0.05) is 23.7 Å². The molecule has 1 saturated heterocycles. The number of nitrogens with one attached hydrogen (secondary N) is 1. The first-order valence-electron chi connectivity index (χ1n) is 5.85. The van der Waals surface area contributed by atoms with E-state index in [0.717, 1.165) is 24.5 Å². The first kappa shape index (κ1) is 12.4. The van der Waals surface area contributed by atoms with Crippen molar-refractivity contribution in [1.82, 2.24) is 5.32 Å². The van der Waals surface area contributed by atoms with E-state index in [4.69, 9.17) is 16.7 Å². The maximum absolute atomic E-state index is 10.8. The van der Waals surface area contributed by atoms with E-state index in [2.05, 4.69) is 5.32 Å². The lowest BCUT2D eigenvalue weighted by atomic mass is 9.79. The van der Waals surface area contributed by atoms with Crippen LogP contribution in [-0.4, -0.2) is 24.2 Å². The Balaban J connectivity index is 2.15. The average Bonchev–Trinajstić information content (AvgIpc) is 2.30. The molecular weight excluding hydrogens is 238 g/mol. The summed E-state index contributed by atoms with van der Waals surface area (Å²) in [6.45, 7) is 1.73. The van der Waals surface area contributed by atoms with Gasteiger partial charge in [-0.05, 0) is 49.0 Å². The molecule has 92 valence electrons.